The highest BCUT2D eigenvalue weighted by Gasteiger charge is 2.26. The Bertz CT molecular complexity index is 457. The standard InChI is InChI=1S/C10H10N2O/c13-9-2-1-5-12-8(7-3-4-7)6-11-10(9)12/h1-2,5-7,13H,3-4H2. The minimum atomic E-state index is 0.259. The second kappa shape index (κ2) is 2.25. The van der Waals surface area contributed by atoms with Crippen molar-refractivity contribution in [1.82, 2.24) is 9.38 Å². The Hall–Kier alpha value is -1.51. The molecule has 0 aliphatic heterocycles. The fraction of sp³-hybridized carbons (Fsp3) is 0.300. The lowest BCUT2D eigenvalue weighted by Crippen LogP contribution is -1.89. The first-order valence-electron chi connectivity index (χ1n) is 4.51. The molecule has 0 saturated heterocycles. The second-order valence-corrected chi connectivity index (χ2v) is 3.54. The summed E-state index contributed by atoms with van der Waals surface area (Å²) in [5.41, 5.74) is 1.90. The summed E-state index contributed by atoms with van der Waals surface area (Å²) in [6, 6.07) is 3.51. The van der Waals surface area contributed by atoms with Gasteiger partial charge in [0.15, 0.2) is 11.4 Å². The van der Waals surface area contributed by atoms with Crippen molar-refractivity contribution in [3.8, 4) is 5.75 Å². The smallest absolute Gasteiger partial charge is 0.179 e. The molecule has 2 aromatic heterocycles. The van der Waals surface area contributed by atoms with E-state index in [1.54, 1.807) is 6.07 Å². The number of imidazole rings is 1. The van der Waals surface area contributed by atoms with Crippen molar-refractivity contribution in [2.75, 3.05) is 0 Å². The summed E-state index contributed by atoms with van der Waals surface area (Å²) >= 11 is 0. The molecule has 0 radical (unpaired) electrons. The molecule has 0 unspecified atom stereocenters. The number of rotatable bonds is 1. The molecule has 1 aliphatic rings. The summed E-state index contributed by atoms with van der Waals surface area (Å²) < 4.78 is 1.98. The number of aromatic nitrogens is 2. The Balaban J connectivity index is 2.32. The number of hydrogen-bond acceptors (Lipinski definition) is 2. The summed E-state index contributed by atoms with van der Waals surface area (Å²) in [6.07, 6.45) is 6.33. The van der Waals surface area contributed by atoms with Crippen molar-refractivity contribution in [3.05, 3.63) is 30.2 Å². The van der Waals surface area contributed by atoms with Gasteiger partial charge in [-0.25, -0.2) is 4.98 Å². The molecule has 1 N–H and O–H groups in total. The zero-order valence-electron chi connectivity index (χ0n) is 7.14. The Morgan fingerprint density at radius 1 is 1.46 bits per heavy atom. The molecule has 0 amide bonds. The molecule has 3 rings (SSSR count). The van der Waals surface area contributed by atoms with Crippen LogP contribution < -0.4 is 0 Å². The molecule has 1 saturated carbocycles. The zero-order valence-corrected chi connectivity index (χ0v) is 7.14. The summed E-state index contributed by atoms with van der Waals surface area (Å²) in [5.74, 6) is 0.922. The zero-order chi connectivity index (χ0) is 8.84. The van der Waals surface area contributed by atoms with E-state index in [-0.39, 0.29) is 5.75 Å². The minimum absolute atomic E-state index is 0.259. The topological polar surface area (TPSA) is 37.5 Å². The third-order valence-electron chi connectivity index (χ3n) is 2.54. The van der Waals surface area contributed by atoms with Gasteiger partial charge in [0.25, 0.3) is 0 Å². The Morgan fingerprint density at radius 3 is 3.08 bits per heavy atom. The van der Waals surface area contributed by atoms with Crippen LogP contribution in [0.5, 0.6) is 5.75 Å². The molecule has 1 aliphatic carbocycles. The van der Waals surface area contributed by atoms with Crippen molar-refractivity contribution in [1.29, 1.82) is 0 Å². The van der Waals surface area contributed by atoms with Crippen molar-refractivity contribution in [2.24, 2.45) is 0 Å². The SMILES string of the molecule is Oc1cccn2c(C3CC3)cnc12. The van der Waals surface area contributed by atoms with Crippen LogP contribution in [0.3, 0.4) is 0 Å². The van der Waals surface area contributed by atoms with Crippen molar-refractivity contribution in [2.45, 2.75) is 18.8 Å². The van der Waals surface area contributed by atoms with Gasteiger partial charge in [0, 0.05) is 24.0 Å². The predicted octanol–water partition coefficient (Wildman–Crippen LogP) is 1.92. The van der Waals surface area contributed by atoms with Gasteiger partial charge in [-0.05, 0) is 25.0 Å². The van der Waals surface area contributed by atoms with Crippen LogP contribution in [0.25, 0.3) is 5.65 Å². The summed E-state index contributed by atoms with van der Waals surface area (Å²) in [5, 5.41) is 9.50. The van der Waals surface area contributed by atoms with Crippen LogP contribution >= 0.6 is 0 Å². The van der Waals surface area contributed by atoms with Crippen LogP contribution in [-0.4, -0.2) is 14.5 Å². The lowest BCUT2D eigenvalue weighted by molar-refractivity contribution is 0.477. The van der Waals surface area contributed by atoms with Crippen LogP contribution in [0.2, 0.25) is 0 Å². The van der Waals surface area contributed by atoms with E-state index < -0.39 is 0 Å². The highest BCUT2D eigenvalue weighted by atomic mass is 16.3. The highest BCUT2D eigenvalue weighted by Crippen LogP contribution is 2.40. The van der Waals surface area contributed by atoms with Gasteiger partial charge in [0.2, 0.25) is 0 Å². The Morgan fingerprint density at radius 2 is 2.31 bits per heavy atom. The molecular formula is C10H10N2O. The van der Waals surface area contributed by atoms with Gasteiger partial charge in [-0.2, -0.15) is 0 Å². The third kappa shape index (κ3) is 0.932. The normalized spacial score (nSPS) is 16.6. The maximum absolute atomic E-state index is 9.50. The average Bonchev–Trinajstić information content (AvgIpc) is 2.87. The van der Waals surface area contributed by atoms with Gasteiger partial charge < -0.3 is 9.51 Å². The molecule has 1 fully saturated rings. The van der Waals surface area contributed by atoms with Crippen LogP contribution in [-0.2, 0) is 0 Å². The van der Waals surface area contributed by atoms with Crippen molar-refractivity contribution in [3.63, 3.8) is 0 Å². The van der Waals surface area contributed by atoms with E-state index in [0.717, 1.165) is 0 Å². The molecule has 66 valence electrons. The predicted molar refractivity (Wildman–Crippen MR) is 48.8 cm³/mol. The number of nitrogens with zero attached hydrogens (tertiary/aromatic N) is 2. The van der Waals surface area contributed by atoms with Crippen LogP contribution in [0, 0.1) is 0 Å². The fourth-order valence-corrected chi connectivity index (χ4v) is 1.70. The molecule has 0 aromatic carbocycles. The van der Waals surface area contributed by atoms with Crippen LogP contribution in [0.4, 0.5) is 0 Å². The van der Waals surface area contributed by atoms with E-state index in [2.05, 4.69) is 4.98 Å². The molecule has 3 nitrogen and oxygen atoms in total. The summed E-state index contributed by atoms with van der Waals surface area (Å²) in [6.45, 7) is 0. The van der Waals surface area contributed by atoms with Gasteiger partial charge in [-0.3, -0.25) is 0 Å². The van der Waals surface area contributed by atoms with Crippen molar-refractivity contribution < 1.29 is 5.11 Å². The van der Waals surface area contributed by atoms with E-state index in [4.69, 9.17) is 0 Å². The number of fused-ring (bicyclic) bond motifs is 1. The number of aromatic hydroxyl groups is 1. The summed E-state index contributed by atoms with van der Waals surface area (Å²) in [4.78, 5) is 4.19. The van der Waals surface area contributed by atoms with Gasteiger partial charge in [0.1, 0.15) is 0 Å². The van der Waals surface area contributed by atoms with E-state index in [1.807, 2.05) is 22.9 Å². The number of pyridine rings is 1. The fourth-order valence-electron chi connectivity index (χ4n) is 1.70. The first-order chi connectivity index (χ1) is 6.36. The Labute approximate surface area is 75.7 Å². The summed E-state index contributed by atoms with van der Waals surface area (Å²) in [7, 11) is 0. The quantitative estimate of drug-likeness (QED) is 0.717. The molecule has 13 heavy (non-hydrogen) atoms. The molecular weight excluding hydrogens is 164 g/mol. The average molecular weight is 174 g/mol. The molecule has 0 atom stereocenters. The molecule has 3 heteroatoms. The molecule has 2 aromatic rings. The van der Waals surface area contributed by atoms with E-state index in [9.17, 15) is 5.11 Å². The first-order valence-corrected chi connectivity index (χ1v) is 4.51. The van der Waals surface area contributed by atoms with Gasteiger partial charge in [0.05, 0.1) is 0 Å². The van der Waals surface area contributed by atoms with Gasteiger partial charge in [-0.1, -0.05) is 0 Å². The molecule has 0 spiro atoms. The van der Waals surface area contributed by atoms with Crippen molar-refractivity contribution >= 4 is 5.65 Å². The monoisotopic (exact) mass is 174 g/mol. The molecule has 2 heterocycles. The lowest BCUT2D eigenvalue weighted by atomic mass is 10.3. The first kappa shape index (κ1) is 6.95. The van der Waals surface area contributed by atoms with E-state index in [0.29, 0.717) is 11.6 Å². The van der Waals surface area contributed by atoms with Gasteiger partial charge >= 0.3 is 0 Å². The van der Waals surface area contributed by atoms with Crippen LogP contribution in [0.1, 0.15) is 24.5 Å². The Kier molecular flexibility index (Phi) is 1.20. The maximum Gasteiger partial charge on any atom is 0.179 e. The second-order valence-electron chi connectivity index (χ2n) is 3.54. The molecule has 0 bridgehead atoms. The third-order valence-corrected chi connectivity index (χ3v) is 2.54. The van der Waals surface area contributed by atoms with Gasteiger partial charge in [-0.15, -0.1) is 0 Å². The van der Waals surface area contributed by atoms with Crippen LogP contribution in [0.15, 0.2) is 24.5 Å². The maximum atomic E-state index is 9.50. The highest BCUT2D eigenvalue weighted by molar-refractivity contribution is 5.54. The van der Waals surface area contributed by atoms with E-state index >= 15 is 0 Å². The number of hydrogen-bond donors (Lipinski definition) is 1. The van der Waals surface area contributed by atoms with E-state index in [1.165, 1.54) is 18.5 Å². The minimum Gasteiger partial charge on any atom is -0.504 e. The lowest BCUT2D eigenvalue weighted by Gasteiger charge is -1.99. The largest absolute Gasteiger partial charge is 0.504 e.